The van der Waals surface area contributed by atoms with Crippen molar-refractivity contribution in [2.24, 2.45) is 4.99 Å². The van der Waals surface area contributed by atoms with Crippen molar-refractivity contribution in [3.8, 4) is 5.69 Å². The van der Waals surface area contributed by atoms with Crippen molar-refractivity contribution in [2.75, 3.05) is 0 Å². The van der Waals surface area contributed by atoms with E-state index in [1.165, 1.54) is 12.1 Å². The molecule has 3 aromatic rings. The number of imidazole rings is 1. The summed E-state index contributed by atoms with van der Waals surface area (Å²) >= 11 is 6.33. The highest BCUT2D eigenvalue weighted by Gasteiger charge is 2.28. The van der Waals surface area contributed by atoms with Crippen LogP contribution in [0.15, 0.2) is 47.5 Å². The first-order valence-electron chi connectivity index (χ1n) is 8.77. The summed E-state index contributed by atoms with van der Waals surface area (Å²) in [5, 5.41) is 18.5. The number of hydrogen-bond donors (Lipinski definition) is 2. The second-order valence-corrected chi connectivity index (χ2v) is 6.90. The molecular formula is C21H19ClFN3O3. The molecule has 1 aliphatic rings. The van der Waals surface area contributed by atoms with E-state index in [1.807, 2.05) is 30.5 Å². The van der Waals surface area contributed by atoms with E-state index in [0.29, 0.717) is 33.4 Å². The van der Waals surface area contributed by atoms with Crippen LogP contribution in [0.5, 0.6) is 0 Å². The van der Waals surface area contributed by atoms with Gasteiger partial charge in [0.1, 0.15) is 5.82 Å². The molecule has 2 aromatic carbocycles. The first-order chi connectivity index (χ1) is 13.7. The molecular weight excluding hydrogens is 397 g/mol. The third kappa shape index (κ3) is 4.06. The normalized spacial score (nSPS) is 14.7. The summed E-state index contributed by atoms with van der Waals surface area (Å²) < 4.78 is 15.8. The summed E-state index contributed by atoms with van der Waals surface area (Å²) in [6.07, 6.45) is -1.17. The maximum atomic E-state index is 14.0. The van der Waals surface area contributed by atoms with E-state index in [2.05, 4.69) is 9.98 Å². The smallest absolute Gasteiger partial charge is 0.300 e. The molecule has 150 valence electrons. The van der Waals surface area contributed by atoms with Crippen molar-refractivity contribution in [2.45, 2.75) is 27.0 Å². The molecule has 1 atom stereocenters. The summed E-state index contributed by atoms with van der Waals surface area (Å²) in [4.78, 5) is 17.9. The molecule has 1 aliphatic heterocycles. The second-order valence-electron chi connectivity index (χ2n) is 6.49. The van der Waals surface area contributed by atoms with Crippen molar-refractivity contribution in [3.63, 3.8) is 0 Å². The predicted molar refractivity (Wildman–Crippen MR) is 108 cm³/mol. The number of halogens is 2. The first kappa shape index (κ1) is 20.7. The Bertz CT molecular complexity index is 1120. The topological polar surface area (TPSA) is 87.7 Å². The summed E-state index contributed by atoms with van der Waals surface area (Å²) in [5.74, 6) is -0.809. The monoisotopic (exact) mass is 415 g/mol. The quantitative estimate of drug-likeness (QED) is 0.623. The molecule has 0 saturated heterocycles. The Morgan fingerprint density at radius 2 is 1.83 bits per heavy atom. The molecule has 6 nitrogen and oxygen atoms in total. The van der Waals surface area contributed by atoms with Crippen LogP contribution in [0.4, 0.5) is 4.39 Å². The number of hydrogen-bond acceptors (Lipinski definition) is 4. The number of aryl methyl sites for hydroxylation is 1. The largest absolute Gasteiger partial charge is 0.481 e. The molecule has 8 heteroatoms. The SMILES string of the molecule is CC(=O)O.Cc1nc2n(c1C)-c1ccc(F)cc1C(c1ccccc1Cl)=NC2O. The Hall–Kier alpha value is -3.03. The summed E-state index contributed by atoms with van der Waals surface area (Å²) in [6.45, 7) is 4.86. The minimum atomic E-state index is -1.17. The van der Waals surface area contributed by atoms with E-state index < -0.39 is 12.2 Å². The van der Waals surface area contributed by atoms with E-state index in [4.69, 9.17) is 21.5 Å². The molecule has 0 amide bonds. The van der Waals surface area contributed by atoms with E-state index in [0.717, 1.165) is 18.3 Å². The van der Waals surface area contributed by atoms with Crippen LogP contribution >= 0.6 is 11.6 Å². The van der Waals surface area contributed by atoms with Gasteiger partial charge in [-0.05, 0) is 38.1 Å². The highest BCUT2D eigenvalue weighted by atomic mass is 35.5. The van der Waals surface area contributed by atoms with Crippen LogP contribution in [-0.4, -0.2) is 31.4 Å². The number of aromatic nitrogens is 2. The molecule has 0 spiro atoms. The van der Waals surface area contributed by atoms with Crippen molar-refractivity contribution in [1.29, 1.82) is 0 Å². The van der Waals surface area contributed by atoms with Crippen LogP contribution in [0.2, 0.25) is 5.02 Å². The molecule has 0 radical (unpaired) electrons. The number of carboxylic acid groups (broad SMARTS) is 1. The highest BCUT2D eigenvalue weighted by molar-refractivity contribution is 6.35. The van der Waals surface area contributed by atoms with Crippen molar-refractivity contribution < 1.29 is 19.4 Å². The van der Waals surface area contributed by atoms with Gasteiger partial charge >= 0.3 is 0 Å². The number of carbonyl (C=O) groups is 1. The fourth-order valence-corrected chi connectivity index (χ4v) is 3.35. The fraction of sp³-hybridized carbons (Fsp3) is 0.190. The fourth-order valence-electron chi connectivity index (χ4n) is 3.12. The van der Waals surface area contributed by atoms with Gasteiger partial charge in [0.05, 0.1) is 17.1 Å². The maximum Gasteiger partial charge on any atom is 0.300 e. The van der Waals surface area contributed by atoms with E-state index in [1.54, 1.807) is 18.2 Å². The maximum absolute atomic E-state index is 14.0. The highest BCUT2D eigenvalue weighted by Crippen LogP contribution is 2.33. The minimum Gasteiger partial charge on any atom is -0.481 e. The Morgan fingerprint density at radius 3 is 2.48 bits per heavy atom. The van der Waals surface area contributed by atoms with Crippen LogP contribution in [0.1, 0.15) is 41.5 Å². The Balaban J connectivity index is 0.000000552. The number of aliphatic carboxylic acids is 1. The molecule has 29 heavy (non-hydrogen) atoms. The van der Waals surface area contributed by atoms with Crippen LogP contribution in [0.3, 0.4) is 0 Å². The number of aliphatic hydroxyl groups excluding tert-OH is 1. The molecule has 0 fully saturated rings. The molecule has 0 aliphatic carbocycles. The zero-order valence-corrected chi connectivity index (χ0v) is 16.8. The standard InChI is InChI=1S/C19H15ClFN3O.C2H4O2/c1-10-11(2)24-16-8-7-12(21)9-14(16)17(23-19(25)18(24)22-10)13-5-3-4-6-15(13)20;1-2(3)4/h3-9,19,25H,1-2H3;1H3,(H,3,4). The van der Waals surface area contributed by atoms with Crippen LogP contribution < -0.4 is 0 Å². The molecule has 2 heterocycles. The molecule has 1 unspecified atom stereocenters. The number of nitrogens with zero attached hydrogens (tertiary/aromatic N) is 3. The first-order valence-corrected chi connectivity index (χ1v) is 9.15. The molecule has 0 bridgehead atoms. The number of benzene rings is 2. The van der Waals surface area contributed by atoms with Crippen LogP contribution in [-0.2, 0) is 4.79 Å². The van der Waals surface area contributed by atoms with Gasteiger partial charge in [-0.1, -0.05) is 29.8 Å². The van der Waals surface area contributed by atoms with E-state index in [-0.39, 0.29) is 5.82 Å². The van der Waals surface area contributed by atoms with Crippen molar-refractivity contribution in [1.82, 2.24) is 9.55 Å². The lowest BCUT2D eigenvalue weighted by molar-refractivity contribution is -0.134. The van der Waals surface area contributed by atoms with Gasteiger partial charge in [0, 0.05) is 28.8 Å². The Labute approximate surface area is 171 Å². The molecule has 1 aromatic heterocycles. The molecule has 2 N–H and O–H groups in total. The van der Waals surface area contributed by atoms with Gasteiger partial charge in [0.25, 0.3) is 5.97 Å². The zero-order chi connectivity index (χ0) is 21.3. The summed E-state index contributed by atoms with van der Waals surface area (Å²) in [5.41, 5.74) is 4.01. The van der Waals surface area contributed by atoms with Crippen molar-refractivity contribution >= 4 is 23.3 Å². The van der Waals surface area contributed by atoms with E-state index in [9.17, 15) is 9.50 Å². The third-order valence-corrected chi connectivity index (χ3v) is 4.77. The van der Waals surface area contributed by atoms with Crippen molar-refractivity contribution in [3.05, 3.63) is 81.6 Å². The molecule has 0 saturated carbocycles. The second kappa shape index (κ2) is 8.14. The van der Waals surface area contributed by atoms with Crippen LogP contribution in [0.25, 0.3) is 5.69 Å². The lowest BCUT2D eigenvalue weighted by Gasteiger charge is -2.14. The zero-order valence-electron chi connectivity index (χ0n) is 16.0. The van der Waals surface area contributed by atoms with Gasteiger partial charge in [-0.25, -0.2) is 14.4 Å². The van der Waals surface area contributed by atoms with Gasteiger partial charge in [0.2, 0.25) is 6.23 Å². The number of aliphatic hydroxyl groups is 1. The minimum absolute atomic E-state index is 0.383. The average Bonchev–Trinajstić information content (AvgIpc) is 2.88. The number of fused-ring (bicyclic) bond motifs is 3. The predicted octanol–water partition coefficient (Wildman–Crippen LogP) is 4.21. The number of carboxylic acids is 1. The average molecular weight is 416 g/mol. The summed E-state index contributed by atoms with van der Waals surface area (Å²) in [7, 11) is 0. The third-order valence-electron chi connectivity index (χ3n) is 4.44. The Kier molecular flexibility index (Phi) is 5.81. The lowest BCUT2D eigenvalue weighted by atomic mass is 10.00. The van der Waals surface area contributed by atoms with E-state index >= 15 is 0 Å². The number of rotatable bonds is 1. The number of aliphatic imine (C=N–C) groups is 1. The van der Waals surface area contributed by atoms with Gasteiger partial charge < -0.3 is 10.2 Å². The summed E-state index contributed by atoms with van der Waals surface area (Å²) in [6, 6.07) is 11.6. The molecule has 4 rings (SSSR count). The lowest BCUT2D eigenvalue weighted by Crippen LogP contribution is -2.09. The van der Waals surface area contributed by atoms with Gasteiger partial charge in [-0.3, -0.25) is 9.36 Å². The van der Waals surface area contributed by atoms with Gasteiger partial charge in [-0.15, -0.1) is 0 Å². The van der Waals surface area contributed by atoms with Crippen LogP contribution in [0, 0.1) is 19.7 Å². The Morgan fingerprint density at radius 1 is 1.17 bits per heavy atom. The van der Waals surface area contributed by atoms with Gasteiger partial charge in [0.15, 0.2) is 5.82 Å². The van der Waals surface area contributed by atoms with Gasteiger partial charge in [-0.2, -0.15) is 0 Å².